The van der Waals surface area contributed by atoms with Crippen molar-refractivity contribution in [1.82, 2.24) is 0 Å². The lowest BCUT2D eigenvalue weighted by molar-refractivity contribution is -0.234. The summed E-state index contributed by atoms with van der Waals surface area (Å²) in [6.07, 6.45) is -0.610. The van der Waals surface area contributed by atoms with Gasteiger partial charge in [0, 0.05) is 6.92 Å². The molecule has 0 spiro atoms. The molecule has 0 rings (SSSR count). The summed E-state index contributed by atoms with van der Waals surface area (Å²) in [5, 5.41) is 7.76. The molecule has 0 fully saturated rings. The standard InChI is InChI=1S/C6H8O6/c1-4(7)11-5(8)2-3-6(9)12-10/h10H,2-3H2,1H3. The van der Waals surface area contributed by atoms with E-state index < -0.39 is 17.9 Å². The average molecular weight is 176 g/mol. The summed E-state index contributed by atoms with van der Waals surface area (Å²) in [5.74, 6) is -2.51. The van der Waals surface area contributed by atoms with Gasteiger partial charge in [0.05, 0.1) is 12.8 Å². The molecule has 0 radical (unpaired) electrons. The molecular formula is C6H8O6. The number of hydrogen-bond acceptors (Lipinski definition) is 6. The second-order valence-electron chi connectivity index (χ2n) is 1.93. The van der Waals surface area contributed by atoms with E-state index in [0.29, 0.717) is 0 Å². The zero-order valence-corrected chi connectivity index (χ0v) is 6.40. The second kappa shape index (κ2) is 5.25. The lowest BCUT2D eigenvalue weighted by atomic mass is 10.3. The molecule has 0 aliphatic carbocycles. The van der Waals surface area contributed by atoms with Crippen LogP contribution in [0, 0.1) is 0 Å². The van der Waals surface area contributed by atoms with Crippen molar-refractivity contribution in [2.45, 2.75) is 19.8 Å². The molecule has 68 valence electrons. The van der Waals surface area contributed by atoms with Crippen LogP contribution in [0.25, 0.3) is 0 Å². The van der Waals surface area contributed by atoms with Gasteiger partial charge in [-0.1, -0.05) is 0 Å². The Morgan fingerprint density at radius 2 is 1.67 bits per heavy atom. The molecule has 0 aromatic carbocycles. The van der Waals surface area contributed by atoms with E-state index in [4.69, 9.17) is 5.26 Å². The first-order chi connectivity index (χ1) is 5.56. The Morgan fingerprint density at radius 1 is 1.17 bits per heavy atom. The van der Waals surface area contributed by atoms with Crippen molar-refractivity contribution >= 4 is 17.9 Å². The van der Waals surface area contributed by atoms with E-state index in [-0.39, 0.29) is 12.8 Å². The highest BCUT2D eigenvalue weighted by molar-refractivity contribution is 5.86. The van der Waals surface area contributed by atoms with Crippen molar-refractivity contribution in [3.8, 4) is 0 Å². The lowest BCUT2D eigenvalue weighted by Crippen LogP contribution is -2.11. The van der Waals surface area contributed by atoms with Crippen molar-refractivity contribution in [1.29, 1.82) is 0 Å². The maximum atomic E-state index is 10.5. The first-order valence-corrected chi connectivity index (χ1v) is 3.11. The summed E-state index contributed by atoms with van der Waals surface area (Å²) in [5.41, 5.74) is 0. The van der Waals surface area contributed by atoms with E-state index in [9.17, 15) is 14.4 Å². The van der Waals surface area contributed by atoms with Crippen molar-refractivity contribution in [3.05, 3.63) is 0 Å². The van der Waals surface area contributed by atoms with Crippen LogP contribution in [0.1, 0.15) is 19.8 Å². The van der Waals surface area contributed by atoms with Crippen LogP contribution in [0.15, 0.2) is 0 Å². The van der Waals surface area contributed by atoms with Gasteiger partial charge in [-0.2, -0.15) is 5.26 Å². The molecule has 1 N–H and O–H groups in total. The van der Waals surface area contributed by atoms with Crippen LogP contribution in [-0.4, -0.2) is 23.2 Å². The minimum absolute atomic E-state index is 0.293. The molecule has 0 saturated heterocycles. The van der Waals surface area contributed by atoms with E-state index >= 15 is 0 Å². The van der Waals surface area contributed by atoms with Crippen LogP contribution >= 0.6 is 0 Å². The Hall–Kier alpha value is -1.43. The minimum Gasteiger partial charge on any atom is -0.393 e. The zero-order chi connectivity index (χ0) is 9.56. The van der Waals surface area contributed by atoms with E-state index in [0.717, 1.165) is 6.92 Å². The minimum atomic E-state index is -0.949. The van der Waals surface area contributed by atoms with Gasteiger partial charge in [-0.05, 0) is 0 Å². The number of hydrogen-bond donors (Lipinski definition) is 1. The number of esters is 2. The van der Waals surface area contributed by atoms with Crippen molar-refractivity contribution < 1.29 is 29.3 Å². The summed E-state index contributed by atoms with van der Waals surface area (Å²) in [6.45, 7) is 1.07. The van der Waals surface area contributed by atoms with Crippen LogP contribution < -0.4 is 0 Å². The third-order valence-electron chi connectivity index (χ3n) is 0.893. The fourth-order valence-electron chi connectivity index (χ4n) is 0.461. The first kappa shape index (κ1) is 10.6. The van der Waals surface area contributed by atoms with Gasteiger partial charge >= 0.3 is 17.9 Å². The van der Waals surface area contributed by atoms with Crippen LogP contribution in [0.5, 0.6) is 0 Å². The Labute approximate surface area is 68.0 Å². The molecule has 12 heavy (non-hydrogen) atoms. The molecule has 6 nitrogen and oxygen atoms in total. The lowest BCUT2D eigenvalue weighted by Gasteiger charge is -1.97. The Balaban J connectivity index is 3.57. The summed E-state index contributed by atoms with van der Waals surface area (Å²) in [7, 11) is 0. The summed E-state index contributed by atoms with van der Waals surface area (Å²) < 4.78 is 4.08. The van der Waals surface area contributed by atoms with Crippen molar-refractivity contribution in [2.24, 2.45) is 0 Å². The molecule has 0 amide bonds. The van der Waals surface area contributed by atoms with Crippen LogP contribution in [-0.2, 0) is 24.0 Å². The normalized spacial score (nSPS) is 8.83. The van der Waals surface area contributed by atoms with Gasteiger partial charge in [0.1, 0.15) is 0 Å². The third kappa shape index (κ3) is 5.36. The molecule has 6 heteroatoms. The quantitative estimate of drug-likeness (QED) is 0.279. The molecule has 0 heterocycles. The highest BCUT2D eigenvalue weighted by Crippen LogP contribution is 1.94. The molecule has 0 aromatic heterocycles. The van der Waals surface area contributed by atoms with E-state index in [1.54, 1.807) is 0 Å². The van der Waals surface area contributed by atoms with E-state index in [1.807, 2.05) is 0 Å². The van der Waals surface area contributed by atoms with Gasteiger partial charge < -0.3 is 9.62 Å². The summed E-state index contributed by atoms with van der Waals surface area (Å²) in [6, 6.07) is 0. The third-order valence-corrected chi connectivity index (χ3v) is 0.893. The Kier molecular flexibility index (Phi) is 4.62. The fourth-order valence-corrected chi connectivity index (χ4v) is 0.461. The smallest absolute Gasteiger partial charge is 0.342 e. The largest absolute Gasteiger partial charge is 0.393 e. The van der Waals surface area contributed by atoms with Crippen molar-refractivity contribution in [3.63, 3.8) is 0 Å². The summed E-state index contributed by atoms with van der Waals surface area (Å²) >= 11 is 0. The molecule has 0 saturated carbocycles. The molecule has 0 unspecified atom stereocenters. The number of carbonyl (C=O) groups excluding carboxylic acids is 3. The van der Waals surface area contributed by atoms with E-state index in [1.165, 1.54) is 0 Å². The Bertz CT molecular complexity index is 196. The number of ether oxygens (including phenoxy) is 1. The molecule has 0 atom stereocenters. The van der Waals surface area contributed by atoms with Crippen molar-refractivity contribution in [2.75, 3.05) is 0 Å². The zero-order valence-electron chi connectivity index (χ0n) is 6.40. The van der Waals surface area contributed by atoms with E-state index in [2.05, 4.69) is 9.62 Å². The SMILES string of the molecule is CC(=O)OC(=O)CCC(=O)OO. The van der Waals surface area contributed by atoms with Crippen LogP contribution in [0.2, 0.25) is 0 Å². The van der Waals surface area contributed by atoms with Crippen LogP contribution in [0.3, 0.4) is 0 Å². The van der Waals surface area contributed by atoms with Gasteiger partial charge in [0.25, 0.3) is 0 Å². The maximum absolute atomic E-state index is 10.5. The number of rotatable bonds is 3. The molecule has 0 aromatic rings. The van der Waals surface area contributed by atoms with Gasteiger partial charge in [0.2, 0.25) is 0 Å². The monoisotopic (exact) mass is 176 g/mol. The highest BCUT2D eigenvalue weighted by atomic mass is 17.1. The van der Waals surface area contributed by atoms with Gasteiger partial charge in [-0.15, -0.1) is 0 Å². The summed E-state index contributed by atoms with van der Waals surface area (Å²) in [4.78, 5) is 34.2. The molecular weight excluding hydrogens is 168 g/mol. The number of carbonyl (C=O) groups is 3. The Morgan fingerprint density at radius 3 is 2.08 bits per heavy atom. The first-order valence-electron chi connectivity index (χ1n) is 3.11. The average Bonchev–Trinajstić information content (AvgIpc) is 1.99. The fraction of sp³-hybridized carbons (Fsp3) is 0.500. The topological polar surface area (TPSA) is 89.9 Å². The predicted octanol–water partition coefficient (Wildman–Crippen LogP) is -0.128. The molecule has 0 aliphatic rings. The molecule has 0 aliphatic heterocycles. The second-order valence-corrected chi connectivity index (χ2v) is 1.93. The van der Waals surface area contributed by atoms with Gasteiger partial charge in [0.15, 0.2) is 0 Å². The highest BCUT2D eigenvalue weighted by Gasteiger charge is 2.10. The van der Waals surface area contributed by atoms with Gasteiger partial charge in [-0.3, -0.25) is 9.59 Å². The van der Waals surface area contributed by atoms with Crippen LogP contribution in [0.4, 0.5) is 0 Å². The maximum Gasteiger partial charge on any atom is 0.342 e. The van der Waals surface area contributed by atoms with Gasteiger partial charge in [-0.25, -0.2) is 4.79 Å². The predicted molar refractivity (Wildman–Crippen MR) is 34.7 cm³/mol. The molecule has 0 bridgehead atoms.